The van der Waals surface area contributed by atoms with Gasteiger partial charge in [-0.25, -0.2) is 9.67 Å². The Morgan fingerprint density at radius 3 is 2.35 bits per heavy atom. The van der Waals surface area contributed by atoms with E-state index in [1.165, 1.54) is 16.3 Å². The largest absolute Gasteiger partial charge is 0.457 e. The van der Waals surface area contributed by atoms with Gasteiger partial charge in [-0.15, -0.1) is 0 Å². The molecule has 5 heteroatoms. The smallest absolute Gasteiger partial charge is 0.137 e. The van der Waals surface area contributed by atoms with E-state index in [1.54, 1.807) is 0 Å². The normalized spacial score (nSPS) is 11.4. The second-order valence-corrected chi connectivity index (χ2v) is 8.66. The predicted molar refractivity (Wildman–Crippen MR) is 136 cm³/mol. The standard InChI is InChI=1S/C29H24N4O/c1-19-13-14-30-29(15-19)32-27-10-5-4-9-25(27)26-12-11-24(18-28(26)32)34-23-8-6-7-22(17-23)33-21(3)16-20(2)31-33/h4-18H,1-3H3. The summed E-state index contributed by atoms with van der Waals surface area (Å²) in [4.78, 5) is 4.66. The van der Waals surface area contributed by atoms with Crippen LogP contribution in [0.15, 0.2) is 91.1 Å². The Kier molecular flexibility index (Phi) is 4.69. The molecule has 0 spiro atoms. The molecule has 3 aromatic heterocycles. The van der Waals surface area contributed by atoms with Gasteiger partial charge in [-0.2, -0.15) is 5.10 Å². The molecule has 0 radical (unpaired) electrons. The van der Waals surface area contributed by atoms with Crippen molar-refractivity contribution in [1.29, 1.82) is 0 Å². The highest BCUT2D eigenvalue weighted by Crippen LogP contribution is 2.35. The zero-order chi connectivity index (χ0) is 23.2. The van der Waals surface area contributed by atoms with Crippen LogP contribution in [0.5, 0.6) is 11.5 Å². The van der Waals surface area contributed by atoms with E-state index >= 15 is 0 Å². The minimum Gasteiger partial charge on any atom is -0.457 e. The molecule has 0 saturated carbocycles. The summed E-state index contributed by atoms with van der Waals surface area (Å²) in [6.07, 6.45) is 1.86. The van der Waals surface area contributed by atoms with Crippen LogP contribution in [-0.4, -0.2) is 19.3 Å². The zero-order valence-electron chi connectivity index (χ0n) is 19.4. The number of hydrogen-bond acceptors (Lipinski definition) is 3. The summed E-state index contributed by atoms with van der Waals surface area (Å²) in [5.41, 5.74) is 6.41. The van der Waals surface area contributed by atoms with Crippen LogP contribution in [0, 0.1) is 20.8 Å². The number of aryl methyl sites for hydroxylation is 3. The SMILES string of the molecule is Cc1ccnc(-n2c3ccccc3c3ccc(Oc4cccc(-n5nc(C)cc5C)c4)cc32)c1. The van der Waals surface area contributed by atoms with Crippen molar-refractivity contribution in [2.24, 2.45) is 0 Å². The average Bonchev–Trinajstić information content (AvgIpc) is 3.35. The van der Waals surface area contributed by atoms with Crippen LogP contribution in [0.3, 0.4) is 0 Å². The van der Waals surface area contributed by atoms with Crippen molar-refractivity contribution >= 4 is 21.8 Å². The molecule has 166 valence electrons. The first-order chi connectivity index (χ1) is 16.6. The molecule has 0 N–H and O–H groups in total. The minimum atomic E-state index is 0.765. The number of benzene rings is 3. The minimum absolute atomic E-state index is 0.765. The van der Waals surface area contributed by atoms with Crippen molar-refractivity contribution in [3.8, 4) is 23.0 Å². The lowest BCUT2D eigenvalue weighted by molar-refractivity contribution is 0.483. The highest BCUT2D eigenvalue weighted by Gasteiger charge is 2.14. The van der Waals surface area contributed by atoms with E-state index in [1.807, 2.05) is 54.2 Å². The van der Waals surface area contributed by atoms with Gasteiger partial charge < -0.3 is 4.74 Å². The molecule has 0 unspecified atom stereocenters. The quantitative estimate of drug-likeness (QED) is 0.292. The molecule has 0 aliphatic rings. The third-order valence-electron chi connectivity index (χ3n) is 6.08. The molecule has 0 bridgehead atoms. The Morgan fingerprint density at radius 1 is 0.706 bits per heavy atom. The van der Waals surface area contributed by atoms with E-state index < -0.39 is 0 Å². The number of fused-ring (bicyclic) bond motifs is 3. The second-order valence-electron chi connectivity index (χ2n) is 8.66. The maximum Gasteiger partial charge on any atom is 0.137 e. The molecule has 0 amide bonds. The molecule has 3 heterocycles. The molecule has 5 nitrogen and oxygen atoms in total. The van der Waals surface area contributed by atoms with Gasteiger partial charge >= 0.3 is 0 Å². The Morgan fingerprint density at radius 2 is 1.53 bits per heavy atom. The van der Waals surface area contributed by atoms with Crippen LogP contribution >= 0.6 is 0 Å². The number of aromatic nitrogens is 4. The Labute approximate surface area is 197 Å². The topological polar surface area (TPSA) is 44.9 Å². The maximum atomic E-state index is 6.33. The van der Waals surface area contributed by atoms with Gasteiger partial charge in [-0.1, -0.05) is 24.3 Å². The van der Waals surface area contributed by atoms with Gasteiger partial charge in [0.05, 0.1) is 22.4 Å². The average molecular weight is 445 g/mol. The van der Waals surface area contributed by atoms with Gasteiger partial charge in [0.1, 0.15) is 17.3 Å². The molecule has 0 saturated heterocycles. The van der Waals surface area contributed by atoms with E-state index in [9.17, 15) is 0 Å². The number of rotatable bonds is 4. The number of ether oxygens (including phenoxy) is 1. The maximum absolute atomic E-state index is 6.33. The monoisotopic (exact) mass is 444 g/mol. The molecule has 0 aliphatic carbocycles. The van der Waals surface area contributed by atoms with Gasteiger partial charge in [0.2, 0.25) is 0 Å². The van der Waals surface area contributed by atoms with Crippen LogP contribution in [0.2, 0.25) is 0 Å². The number of pyridine rings is 1. The molecule has 6 aromatic rings. The predicted octanol–water partition coefficient (Wildman–Crippen LogP) is 7.08. The zero-order valence-corrected chi connectivity index (χ0v) is 19.4. The van der Waals surface area contributed by atoms with Gasteiger partial charge in [-0.05, 0) is 74.9 Å². The first kappa shape index (κ1) is 20.2. The highest BCUT2D eigenvalue weighted by molar-refractivity contribution is 6.09. The first-order valence-corrected chi connectivity index (χ1v) is 11.3. The summed E-state index contributed by atoms with van der Waals surface area (Å²) in [6, 6.07) is 28.9. The van der Waals surface area contributed by atoms with Crippen LogP contribution in [0.4, 0.5) is 0 Å². The third-order valence-corrected chi connectivity index (χ3v) is 6.08. The fourth-order valence-electron chi connectivity index (χ4n) is 4.61. The molecule has 34 heavy (non-hydrogen) atoms. The van der Waals surface area contributed by atoms with E-state index in [0.717, 1.165) is 45.4 Å². The summed E-state index contributed by atoms with van der Waals surface area (Å²) in [7, 11) is 0. The second kappa shape index (κ2) is 7.89. The van der Waals surface area contributed by atoms with E-state index in [2.05, 4.69) is 77.0 Å². The van der Waals surface area contributed by atoms with Gasteiger partial charge in [0.15, 0.2) is 0 Å². The third kappa shape index (κ3) is 3.42. The fourth-order valence-corrected chi connectivity index (χ4v) is 4.61. The Hall–Kier alpha value is -4.38. The van der Waals surface area contributed by atoms with Crippen LogP contribution in [0.1, 0.15) is 17.0 Å². The molecule has 0 aliphatic heterocycles. The van der Waals surface area contributed by atoms with E-state index in [-0.39, 0.29) is 0 Å². The lowest BCUT2D eigenvalue weighted by Gasteiger charge is -2.11. The Balaban J connectivity index is 1.46. The van der Waals surface area contributed by atoms with Crippen molar-refractivity contribution in [2.75, 3.05) is 0 Å². The molecule has 0 fully saturated rings. The highest BCUT2D eigenvalue weighted by atomic mass is 16.5. The molecular weight excluding hydrogens is 420 g/mol. The van der Waals surface area contributed by atoms with Gasteiger partial charge in [0, 0.05) is 34.8 Å². The number of nitrogens with zero attached hydrogens (tertiary/aromatic N) is 4. The summed E-state index contributed by atoms with van der Waals surface area (Å²) < 4.78 is 10.5. The first-order valence-electron chi connectivity index (χ1n) is 11.3. The number of para-hydroxylation sites is 1. The van der Waals surface area contributed by atoms with Crippen molar-refractivity contribution in [3.63, 3.8) is 0 Å². The van der Waals surface area contributed by atoms with Crippen LogP contribution < -0.4 is 4.74 Å². The lowest BCUT2D eigenvalue weighted by Crippen LogP contribution is -1.99. The fraction of sp³-hybridized carbons (Fsp3) is 0.103. The van der Waals surface area contributed by atoms with E-state index in [0.29, 0.717) is 0 Å². The van der Waals surface area contributed by atoms with Crippen LogP contribution in [0.25, 0.3) is 33.3 Å². The summed E-state index contributed by atoms with van der Waals surface area (Å²) in [5, 5.41) is 6.96. The molecule has 0 atom stereocenters. The molecular formula is C29H24N4O. The van der Waals surface area contributed by atoms with Gasteiger partial charge in [0.25, 0.3) is 0 Å². The van der Waals surface area contributed by atoms with Crippen molar-refractivity contribution in [2.45, 2.75) is 20.8 Å². The Bertz CT molecular complexity index is 1680. The van der Waals surface area contributed by atoms with Crippen molar-refractivity contribution in [3.05, 3.63) is 108 Å². The van der Waals surface area contributed by atoms with Crippen molar-refractivity contribution < 1.29 is 4.74 Å². The van der Waals surface area contributed by atoms with E-state index in [4.69, 9.17) is 4.74 Å². The van der Waals surface area contributed by atoms with Crippen LogP contribution in [-0.2, 0) is 0 Å². The van der Waals surface area contributed by atoms with Crippen molar-refractivity contribution in [1.82, 2.24) is 19.3 Å². The number of hydrogen-bond donors (Lipinski definition) is 0. The molecule has 6 rings (SSSR count). The summed E-state index contributed by atoms with van der Waals surface area (Å²) >= 11 is 0. The molecule has 3 aromatic carbocycles. The summed E-state index contributed by atoms with van der Waals surface area (Å²) in [5.74, 6) is 2.44. The lowest BCUT2D eigenvalue weighted by atomic mass is 10.1. The van der Waals surface area contributed by atoms with Gasteiger partial charge in [-0.3, -0.25) is 4.57 Å². The summed E-state index contributed by atoms with van der Waals surface area (Å²) in [6.45, 7) is 6.14.